The number of aryl methyl sites for hydroxylation is 4. The molecule has 2 rings (SSSR count). The normalized spacial score (nSPS) is 10.4. The molecule has 1 amide bonds. The molecule has 2 aromatic rings. The SMILES string of the molecule is Cc1cc(C)c(NC(=O)c2oncc2C)c(C)c1. The van der Waals surface area contributed by atoms with Gasteiger partial charge in [0.05, 0.1) is 6.20 Å². The van der Waals surface area contributed by atoms with E-state index in [4.69, 9.17) is 4.52 Å². The number of amides is 1. The Kier molecular flexibility index (Phi) is 3.19. The maximum atomic E-state index is 12.0. The quantitative estimate of drug-likeness (QED) is 0.882. The third-order valence-corrected chi connectivity index (χ3v) is 2.87. The van der Waals surface area contributed by atoms with E-state index < -0.39 is 0 Å². The van der Waals surface area contributed by atoms with Crippen LogP contribution in [0.3, 0.4) is 0 Å². The minimum Gasteiger partial charge on any atom is -0.351 e. The lowest BCUT2D eigenvalue weighted by atomic mass is 10.0. The van der Waals surface area contributed by atoms with Crippen LogP contribution in [0, 0.1) is 27.7 Å². The Morgan fingerprint density at radius 2 is 1.72 bits per heavy atom. The van der Waals surface area contributed by atoms with E-state index in [0.717, 1.165) is 22.4 Å². The number of nitrogens with one attached hydrogen (secondary N) is 1. The average Bonchev–Trinajstić information content (AvgIpc) is 2.69. The first kappa shape index (κ1) is 12.4. The summed E-state index contributed by atoms with van der Waals surface area (Å²) in [4.78, 5) is 12.0. The third kappa shape index (κ3) is 2.27. The molecule has 1 heterocycles. The molecule has 0 fully saturated rings. The summed E-state index contributed by atoms with van der Waals surface area (Å²) in [5.74, 6) is -0.00516. The molecule has 0 unspecified atom stereocenters. The van der Waals surface area contributed by atoms with Crippen LogP contribution in [-0.2, 0) is 0 Å². The van der Waals surface area contributed by atoms with Crippen LogP contribution in [0.2, 0.25) is 0 Å². The van der Waals surface area contributed by atoms with Crippen molar-refractivity contribution in [2.24, 2.45) is 0 Å². The molecule has 0 bridgehead atoms. The van der Waals surface area contributed by atoms with E-state index in [-0.39, 0.29) is 11.7 Å². The van der Waals surface area contributed by atoms with Gasteiger partial charge in [-0.15, -0.1) is 0 Å². The van der Waals surface area contributed by atoms with Crippen molar-refractivity contribution in [2.75, 3.05) is 5.32 Å². The summed E-state index contributed by atoms with van der Waals surface area (Å²) in [6, 6.07) is 4.08. The fourth-order valence-electron chi connectivity index (χ4n) is 2.06. The van der Waals surface area contributed by atoms with Crippen LogP contribution < -0.4 is 5.32 Å². The van der Waals surface area contributed by atoms with Crippen LogP contribution in [0.4, 0.5) is 5.69 Å². The molecule has 0 aliphatic rings. The molecule has 1 aromatic heterocycles. The van der Waals surface area contributed by atoms with Gasteiger partial charge in [0.1, 0.15) is 0 Å². The summed E-state index contributed by atoms with van der Waals surface area (Å²) in [6.45, 7) is 7.78. The van der Waals surface area contributed by atoms with Gasteiger partial charge >= 0.3 is 0 Å². The lowest BCUT2D eigenvalue weighted by molar-refractivity contribution is 0.0987. The summed E-state index contributed by atoms with van der Waals surface area (Å²) < 4.78 is 4.94. The van der Waals surface area contributed by atoms with Crippen molar-refractivity contribution in [2.45, 2.75) is 27.7 Å². The second-order valence-electron chi connectivity index (χ2n) is 4.57. The summed E-state index contributed by atoms with van der Waals surface area (Å²) in [6.07, 6.45) is 1.53. The van der Waals surface area contributed by atoms with Crippen molar-refractivity contribution in [3.63, 3.8) is 0 Å². The van der Waals surface area contributed by atoms with Crippen molar-refractivity contribution in [3.8, 4) is 0 Å². The number of aromatic nitrogens is 1. The Morgan fingerprint density at radius 3 is 2.22 bits per heavy atom. The zero-order chi connectivity index (χ0) is 13.3. The summed E-state index contributed by atoms with van der Waals surface area (Å²) >= 11 is 0. The molecule has 0 spiro atoms. The van der Waals surface area contributed by atoms with Crippen LogP contribution in [0.15, 0.2) is 22.9 Å². The number of hydrogen-bond donors (Lipinski definition) is 1. The maximum absolute atomic E-state index is 12.0. The first-order valence-corrected chi connectivity index (χ1v) is 5.79. The van der Waals surface area contributed by atoms with E-state index >= 15 is 0 Å². The number of hydrogen-bond acceptors (Lipinski definition) is 3. The van der Waals surface area contributed by atoms with E-state index in [2.05, 4.69) is 10.5 Å². The van der Waals surface area contributed by atoms with Crippen LogP contribution in [0.5, 0.6) is 0 Å². The summed E-state index contributed by atoms with van der Waals surface area (Å²) in [5, 5.41) is 6.48. The van der Waals surface area contributed by atoms with Crippen molar-refractivity contribution >= 4 is 11.6 Å². The van der Waals surface area contributed by atoms with E-state index in [0.29, 0.717) is 0 Å². The van der Waals surface area contributed by atoms with Gasteiger partial charge in [-0.05, 0) is 38.8 Å². The lowest BCUT2D eigenvalue weighted by Gasteiger charge is -2.11. The first-order chi connectivity index (χ1) is 8.49. The third-order valence-electron chi connectivity index (χ3n) is 2.87. The second-order valence-corrected chi connectivity index (χ2v) is 4.57. The fourth-order valence-corrected chi connectivity index (χ4v) is 2.06. The molecule has 0 aliphatic carbocycles. The molecule has 94 valence electrons. The first-order valence-electron chi connectivity index (χ1n) is 5.79. The number of carbonyl (C=O) groups is 1. The van der Waals surface area contributed by atoms with Gasteiger partial charge in [0.15, 0.2) is 0 Å². The van der Waals surface area contributed by atoms with E-state index in [1.165, 1.54) is 11.8 Å². The molecule has 4 heteroatoms. The molecular weight excluding hydrogens is 228 g/mol. The highest BCUT2D eigenvalue weighted by molar-refractivity contribution is 6.03. The molecule has 0 radical (unpaired) electrons. The molecule has 0 atom stereocenters. The standard InChI is InChI=1S/C14H16N2O2/c1-8-5-9(2)12(10(3)6-8)16-14(17)13-11(4)7-15-18-13/h5-7H,1-4H3,(H,16,17). The smallest absolute Gasteiger partial charge is 0.294 e. The average molecular weight is 244 g/mol. The van der Waals surface area contributed by atoms with E-state index in [9.17, 15) is 4.79 Å². The van der Waals surface area contributed by atoms with Crippen molar-refractivity contribution < 1.29 is 9.32 Å². The highest BCUT2D eigenvalue weighted by Gasteiger charge is 2.16. The number of nitrogens with zero attached hydrogens (tertiary/aromatic N) is 1. The molecule has 0 aliphatic heterocycles. The molecular formula is C14H16N2O2. The van der Waals surface area contributed by atoms with Gasteiger partial charge in [0.2, 0.25) is 5.76 Å². The number of benzene rings is 1. The Labute approximate surface area is 106 Å². The lowest BCUT2D eigenvalue weighted by Crippen LogP contribution is -2.14. The van der Waals surface area contributed by atoms with Gasteiger partial charge in [0, 0.05) is 11.3 Å². The highest BCUT2D eigenvalue weighted by Crippen LogP contribution is 2.23. The maximum Gasteiger partial charge on any atom is 0.294 e. The zero-order valence-corrected chi connectivity index (χ0v) is 11.0. The van der Waals surface area contributed by atoms with Crippen molar-refractivity contribution in [1.29, 1.82) is 0 Å². The molecule has 0 saturated heterocycles. The van der Waals surface area contributed by atoms with Gasteiger partial charge in [-0.2, -0.15) is 0 Å². The molecule has 18 heavy (non-hydrogen) atoms. The van der Waals surface area contributed by atoms with Gasteiger partial charge in [-0.1, -0.05) is 22.9 Å². The Hall–Kier alpha value is -2.10. The van der Waals surface area contributed by atoms with Gasteiger partial charge < -0.3 is 9.84 Å². The minimum atomic E-state index is -0.264. The minimum absolute atomic E-state index is 0.259. The molecule has 0 saturated carbocycles. The van der Waals surface area contributed by atoms with Crippen LogP contribution in [0.1, 0.15) is 32.8 Å². The zero-order valence-electron chi connectivity index (χ0n) is 11.0. The van der Waals surface area contributed by atoms with Crippen LogP contribution in [0.25, 0.3) is 0 Å². The molecule has 1 N–H and O–H groups in total. The largest absolute Gasteiger partial charge is 0.351 e. The number of carbonyl (C=O) groups excluding carboxylic acids is 1. The predicted octanol–water partition coefficient (Wildman–Crippen LogP) is 3.16. The van der Waals surface area contributed by atoms with Gasteiger partial charge in [-0.25, -0.2) is 0 Å². The van der Waals surface area contributed by atoms with Crippen LogP contribution in [-0.4, -0.2) is 11.1 Å². The Balaban J connectivity index is 2.31. The summed E-state index contributed by atoms with van der Waals surface area (Å²) in [7, 11) is 0. The Morgan fingerprint density at radius 1 is 1.11 bits per heavy atom. The topological polar surface area (TPSA) is 55.1 Å². The summed E-state index contributed by atoms with van der Waals surface area (Å²) in [5.41, 5.74) is 4.83. The molecule has 4 nitrogen and oxygen atoms in total. The number of rotatable bonds is 2. The van der Waals surface area contributed by atoms with Crippen LogP contribution >= 0.6 is 0 Å². The number of anilines is 1. The Bertz CT molecular complexity index is 577. The highest BCUT2D eigenvalue weighted by atomic mass is 16.5. The van der Waals surface area contributed by atoms with E-state index in [1.807, 2.05) is 32.9 Å². The fraction of sp³-hybridized carbons (Fsp3) is 0.286. The van der Waals surface area contributed by atoms with Gasteiger partial charge in [-0.3, -0.25) is 4.79 Å². The molecule has 1 aromatic carbocycles. The van der Waals surface area contributed by atoms with Gasteiger partial charge in [0.25, 0.3) is 5.91 Å². The second kappa shape index (κ2) is 4.64. The predicted molar refractivity (Wildman–Crippen MR) is 69.8 cm³/mol. The van der Waals surface area contributed by atoms with E-state index in [1.54, 1.807) is 6.92 Å². The monoisotopic (exact) mass is 244 g/mol. The van der Waals surface area contributed by atoms with Crippen molar-refractivity contribution in [3.05, 3.63) is 46.3 Å². The van der Waals surface area contributed by atoms with Crippen molar-refractivity contribution in [1.82, 2.24) is 5.16 Å².